The minimum absolute atomic E-state index is 0.0724. The molecular weight excluding hydrogens is 426 g/mol. The number of carboxylic acid groups (broad SMARTS) is 1. The molecule has 0 spiro atoms. The highest BCUT2D eigenvalue weighted by molar-refractivity contribution is 7.92. The molecule has 30 heavy (non-hydrogen) atoms. The smallest absolute Gasteiger partial charge is 0.335 e. The molecule has 2 N–H and O–H groups in total. The number of carbonyl (C=O) groups is 1. The predicted octanol–water partition coefficient (Wildman–Crippen LogP) is 4.38. The van der Waals surface area contributed by atoms with E-state index in [-0.39, 0.29) is 32.7 Å². The molecule has 9 heteroatoms. The molecule has 0 saturated heterocycles. The Bertz CT molecular complexity index is 1290. The number of benzene rings is 2. The van der Waals surface area contributed by atoms with Crippen molar-refractivity contribution in [3.05, 3.63) is 76.6 Å². The summed E-state index contributed by atoms with van der Waals surface area (Å²) in [5, 5.41) is 18.8. The summed E-state index contributed by atoms with van der Waals surface area (Å²) in [6.07, 6.45) is 5.14. The molecule has 3 aromatic rings. The molecule has 1 aliphatic carbocycles. The summed E-state index contributed by atoms with van der Waals surface area (Å²) in [6.45, 7) is 0. The minimum atomic E-state index is -4.14. The van der Waals surface area contributed by atoms with E-state index in [0.29, 0.717) is 11.3 Å². The normalized spacial score (nSPS) is 13.6. The zero-order valence-corrected chi connectivity index (χ0v) is 17.1. The molecular formula is C21H16ClN3O4S. The van der Waals surface area contributed by atoms with Crippen molar-refractivity contribution >= 4 is 33.3 Å². The number of nitrogens with zero attached hydrogens (tertiary/aromatic N) is 2. The van der Waals surface area contributed by atoms with Gasteiger partial charge in [0.15, 0.2) is 0 Å². The Morgan fingerprint density at radius 2 is 1.90 bits per heavy atom. The molecule has 2 aromatic carbocycles. The first-order valence-electron chi connectivity index (χ1n) is 9.07. The number of aromatic nitrogens is 1. The molecule has 0 amide bonds. The lowest BCUT2D eigenvalue weighted by atomic mass is 10.1. The fourth-order valence-corrected chi connectivity index (χ4v) is 4.86. The van der Waals surface area contributed by atoms with E-state index in [1.165, 1.54) is 24.3 Å². The molecule has 152 valence electrons. The van der Waals surface area contributed by atoms with Crippen LogP contribution in [-0.2, 0) is 10.0 Å². The van der Waals surface area contributed by atoms with Gasteiger partial charge in [-0.2, -0.15) is 5.26 Å². The zero-order valence-electron chi connectivity index (χ0n) is 15.5. The number of rotatable bonds is 6. The second-order valence-corrected chi connectivity index (χ2v) is 9.05. The van der Waals surface area contributed by atoms with Crippen LogP contribution in [0.15, 0.2) is 59.8 Å². The average molecular weight is 442 g/mol. The second kappa shape index (κ2) is 7.52. The quantitative estimate of drug-likeness (QED) is 0.589. The second-order valence-electron chi connectivity index (χ2n) is 6.99. The zero-order chi connectivity index (χ0) is 21.5. The first-order chi connectivity index (χ1) is 14.3. The Hall–Kier alpha value is -3.28. The van der Waals surface area contributed by atoms with Crippen LogP contribution in [0, 0.1) is 11.3 Å². The molecule has 1 saturated carbocycles. The highest BCUT2D eigenvalue weighted by Crippen LogP contribution is 2.43. The maximum Gasteiger partial charge on any atom is 0.335 e. The number of aromatic carboxylic acids is 1. The summed E-state index contributed by atoms with van der Waals surface area (Å²) in [4.78, 5) is 11.3. The number of hydrogen-bond acceptors (Lipinski definition) is 4. The lowest BCUT2D eigenvalue weighted by Crippen LogP contribution is -2.17. The molecule has 1 aliphatic rings. The highest BCUT2D eigenvalue weighted by Gasteiger charge is 2.31. The first kappa shape index (κ1) is 20.0. The van der Waals surface area contributed by atoms with Gasteiger partial charge in [-0.1, -0.05) is 17.7 Å². The van der Waals surface area contributed by atoms with Gasteiger partial charge in [-0.15, -0.1) is 0 Å². The standard InChI is InChI=1S/C21H16ClN3O4S/c22-17-11-19(25-7-1-2-8-25)18(9-15(17)12-23)24-30(28,29)20-10-14(21(26)27)5-6-16(20)13-3-4-13/h1-2,5-11,13,24H,3-4H2,(H,26,27). The lowest BCUT2D eigenvalue weighted by Gasteiger charge is -2.17. The van der Waals surface area contributed by atoms with Gasteiger partial charge in [-0.25, -0.2) is 13.2 Å². The highest BCUT2D eigenvalue weighted by atomic mass is 35.5. The van der Waals surface area contributed by atoms with E-state index in [0.717, 1.165) is 12.8 Å². The van der Waals surface area contributed by atoms with Crippen molar-refractivity contribution in [3.63, 3.8) is 0 Å². The van der Waals surface area contributed by atoms with Gasteiger partial charge >= 0.3 is 5.97 Å². The van der Waals surface area contributed by atoms with E-state index in [4.69, 9.17) is 11.6 Å². The van der Waals surface area contributed by atoms with E-state index in [9.17, 15) is 23.6 Å². The van der Waals surface area contributed by atoms with Crippen molar-refractivity contribution in [2.24, 2.45) is 0 Å². The third kappa shape index (κ3) is 3.77. The Labute approximate surface area is 178 Å². The number of sulfonamides is 1. The molecule has 0 unspecified atom stereocenters. The van der Waals surface area contributed by atoms with Crippen LogP contribution in [0.3, 0.4) is 0 Å². The number of carboxylic acids is 1. The fraction of sp³-hybridized carbons (Fsp3) is 0.143. The van der Waals surface area contributed by atoms with E-state index in [1.807, 2.05) is 6.07 Å². The van der Waals surface area contributed by atoms with Crippen molar-refractivity contribution in [2.75, 3.05) is 4.72 Å². The molecule has 1 fully saturated rings. The van der Waals surface area contributed by atoms with Gasteiger partial charge in [0.25, 0.3) is 10.0 Å². The summed E-state index contributed by atoms with van der Waals surface area (Å²) >= 11 is 6.16. The maximum absolute atomic E-state index is 13.3. The largest absolute Gasteiger partial charge is 0.478 e. The third-order valence-corrected chi connectivity index (χ3v) is 6.63. The fourth-order valence-electron chi connectivity index (χ4n) is 3.27. The van der Waals surface area contributed by atoms with Crippen LogP contribution in [0.4, 0.5) is 5.69 Å². The summed E-state index contributed by atoms with van der Waals surface area (Å²) in [5.74, 6) is -1.12. The summed E-state index contributed by atoms with van der Waals surface area (Å²) < 4.78 is 30.8. The molecule has 1 heterocycles. The van der Waals surface area contributed by atoms with Crippen LogP contribution in [0.2, 0.25) is 5.02 Å². The van der Waals surface area contributed by atoms with Crippen LogP contribution < -0.4 is 4.72 Å². The van der Waals surface area contributed by atoms with Gasteiger partial charge in [0.1, 0.15) is 6.07 Å². The van der Waals surface area contributed by atoms with Crippen LogP contribution in [0.25, 0.3) is 5.69 Å². The van der Waals surface area contributed by atoms with Crippen LogP contribution in [0.5, 0.6) is 0 Å². The lowest BCUT2D eigenvalue weighted by molar-refractivity contribution is 0.0696. The Kier molecular flexibility index (Phi) is 5.02. The van der Waals surface area contributed by atoms with Gasteiger partial charge in [-0.05, 0) is 60.7 Å². The molecule has 1 aromatic heterocycles. The Balaban J connectivity index is 1.84. The topological polar surface area (TPSA) is 112 Å². The van der Waals surface area contributed by atoms with Gasteiger partial charge < -0.3 is 9.67 Å². The van der Waals surface area contributed by atoms with Crippen molar-refractivity contribution in [2.45, 2.75) is 23.7 Å². The first-order valence-corrected chi connectivity index (χ1v) is 10.9. The van der Waals surface area contributed by atoms with E-state index in [2.05, 4.69) is 4.72 Å². The van der Waals surface area contributed by atoms with Crippen molar-refractivity contribution in [1.82, 2.24) is 4.57 Å². The van der Waals surface area contributed by atoms with Gasteiger partial charge in [-0.3, -0.25) is 4.72 Å². The van der Waals surface area contributed by atoms with Gasteiger partial charge in [0, 0.05) is 12.4 Å². The summed E-state index contributed by atoms with van der Waals surface area (Å²) in [6, 6.07) is 12.5. The number of anilines is 1. The Morgan fingerprint density at radius 1 is 1.20 bits per heavy atom. The van der Waals surface area contributed by atoms with Gasteiger partial charge in [0.05, 0.1) is 32.4 Å². The SMILES string of the molecule is N#Cc1cc(NS(=O)(=O)c2cc(C(=O)O)ccc2C2CC2)c(-n2cccc2)cc1Cl. The van der Waals surface area contributed by atoms with E-state index < -0.39 is 16.0 Å². The van der Waals surface area contributed by atoms with Crippen LogP contribution in [-0.4, -0.2) is 24.1 Å². The number of nitriles is 1. The van der Waals surface area contributed by atoms with Crippen LogP contribution in [0.1, 0.15) is 40.2 Å². The molecule has 4 rings (SSSR count). The molecule has 0 atom stereocenters. The van der Waals surface area contributed by atoms with Crippen molar-refractivity contribution in [1.29, 1.82) is 5.26 Å². The monoisotopic (exact) mass is 441 g/mol. The number of halogens is 1. The molecule has 0 radical (unpaired) electrons. The minimum Gasteiger partial charge on any atom is -0.478 e. The van der Waals surface area contributed by atoms with E-state index in [1.54, 1.807) is 35.2 Å². The molecule has 0 bridgehead atoms. The number of hydrogen-bond donors (Lipinski definition) is 2. The van der Waals surface area contributed by atoms with Gasteiger partial charge in [0.2, 0.25) is 0 Å². The summed E-state index contributed by atoms with van der Waals surface area (Å²) in [7, 11) is -4.14. The van der Waals surface area contributed by atoms with Crippen LogP contribution >= 0.6 is 11.6 Å². The van der Waals surface area contributed by atoms with E-state index >= 15 is 0 Å². The third-order valence-electron chi connectivity index (χ3n) is 4.90. The number of nitrogens with one attached hydrogen (secondary N) is 1. The average Bonchev–Trinajstić information content (AvgIpc) is 3.42. The molecule has 0 aliphatic heterocycles. The predicted molar refractivity (Wildman–Crippen MR) is 112 cm³/mol. The Morgan fingerprint density at radius 3 is 2.50 bits per heavy atom. The maximum atomic E-state index is 13.3. The summed E-state index contributed by atoms with van der Waals surface area (Å²) in [5.41, 5.74) is 1.19. The van der Waals surface area contributed by atoms with Crippen molar-refractivity contribution < 1.29 is 18.3 Å². The molecule has 7 nitrogen and oxygen atoms in total. The van der Waals surface area contributed by atoms with Crippen molar-refractivity contribution in [3.8, 4) is 11.8 Å².